The molecular formula is C17H23NO7S. The predicted octanol–water partition coefficient (Wildman–Crippen LogP) is 2.89. The third-order valence-electron chi connectivity index (χ3n) is 3.78. The van der Waals surface area contributed by atoms with Crippen molar-refractivity contribution >= 4 is 24.0 Å². The monoisotopic (exact) mass is 385 g/mol. The van der Waals surface area contributed by atoms with E-state index in [2.05, 4.69) is 4.74 Å². The maximum absolute atomic E-state index is 12.0. The molecule has 0 aromatic heterocycles. The van der Waals surface area contributed by atoms with Crippen LogP contribution in [0.5, 0.6) is 11.5 Å². The molecular weight excluding hydrogens is 362 g/mol. The summed E-state index contributed by atoms with van der Waals surface area (Å²) in [5.41, 5.74) is 1.01. The first-order valence-corrected chi connectivity index (χ1v) is 9.47. The SMILES string of the molecule is CSCCOC(=O)OCOC(=O)N(C)C(C)Cc1ccc2c(c1)OCO2. The molecule has 1 aliphatic rings. The van der Waals surface area contributed by atoms with Gasteiger partial charge < -0.3 is 28.6 Å². The van der Waals surface area contributed by atoms with Crippen LogP contribution in [0.15, 0.2) is 18.2 Å². The summed E-state index contributed by atoms with van der Waals surface area (Å²) >= 11 is 1.55. The number of nitrogens with zero attached hydrogens (tertiary/aromatic N) is 1. The second-order valence-corrected chi connectivity index (χ2v) is 6.60. The quantitative estimate of drug-likeness (QED) is 0.384. The van der Waals surface area contributed by atoms with Crippen molar-refractivity contribution in [1.82, 2.24) is 4.90 Å². The average molecular weight is 385 g/mol. The van der Waals surface area contributed by atoms with Gasteiger partial charge in [0, 0.05) is 18.8 Å². The smallest absolute Gasteiger partial charge is 0.454 e. The molecule has 0 N–H and O–H groups in total. The fraction of sp³-hybridized carbons (Fsp3) is 0.529. The summed E-state index contributed by atoms with van der Waals surface area (Å²) < 4.78 is 25.0. The van der Waals surface area contributed by atoms with Crippen molar-refractivity contribution in [3.63, 3.8) is 0 Å². The maximum atomic E-state index is 12.0. The molecule has 26 heavy (non-hydrogen) atoms. The minimum atomic E-state index is -0.858. The van der Waals surface area contributed by atoms with Crippen molar-refractivity contribution in [2.45, 2.75) is 19.4 Å². The zero-order valence-corrected chi connectivity index (χ0v) is 15.9. The van der Waals surface area contributed by atoms with Crippen molar-refractivity contribution < 1.29 is 33.3 Å². The Kier molecular flexibility index (Phi) is 7.71. The molecule has 1 aromatic carbocycles. The number of likely N-dealkylation sites (N-methyl/N-ethyl adjacent to an activating group) is 1. The molecule has 0 saturated heterocycles. The van der Waals surface area contributed by atoms with Crippen LogP contribution in [0.25, 0.3) is 0 Å². The Labute approximate surface area is 156 Å². The van der Waals surface area contributed by atoms with Crippen molar-refractivity contribution in [1.29, 1.82) is 0 Å². The molecule has 1 amide bonds. The molecule has 0 radical (unpaired) electrons. The van der Waals surface area contributed by atoms with Crippen molar-refractivity contribution in [3.05, 3.63) is 23.8 Å². The Balaban J connectivity index is 1.72. The van der Waals surface area contributed by atoms with Gasteiger partial charge in [-0.05, 0) is 37.3 Å². The first-order valence-electron chi connectivity index (χ1n) is 8.08. The number of rotatable bonds is 8. The Morgan fingerprint density at radius 1 is 1.23 bits per heavy atom. The number of hydrogen-bond acceptors (Lipinski definition) is 8. The van der Waals surface area contributed by atoms with E-state index >= 15 is 0 Å². The maximum Gasteiger partial charge on any atom is 0.511 e. The van der Waals surface area contributed by atoms with Gasteiger partial charge >= 0.3 is 12.2 Å². The van der Waals surface area contributed by atoms with Gasteiger partial charge in [-0.1, -0.05) is 6.07 Å². The minimum absolute atomic E-state index is 0.128. The molecule has 0 saturated carbocycles. The van der Waals surface area contributed by atoms with E-state index < -0.39 is 19.0 Å². The highest BCUT2D eigenvalue weighted by Crippen LogP contribution is 2.32. The van der Waals surface area contributed by atoms with Gasteiger partial charge in [0.1, 0.15) is 6.61 Å². The molecule has 0 aliphatic carbocycles. The molecule has 1 heterocycles. The van der Waals surface area contributed by atoms with E-state index in [0.717, 1.165) is 11.3 Å². The van der Waals surface area contributed by atoms with Gasteiger partial charge in [0.25, 0.3) is 0 Å². The van der Waals surface area contributed by atoms with E-state index in [-0.39, 0.29) is 19.4 Å². The number of thioether (sulfide) groups is 1. The summed E-state index contributed by atoms with van der Waals surface area (Å²) in [4.78, 5) is 24.7. The van der Waals surface area contributed by atoms with Gasteiger partial charge in [-0.3, -0.25) is 0 Å². The van der Waals surface area contributed by atoms with Crippen LogP contribution < -0.4 is 9.47 Å². The molecule has 9 heteroatoms. The second-order valence-electron chi connectivity index (χ2n) is 5.62. The van der Waals surface area contributed by atoms with Crippen LogP contribution in [-0.4, -0.2) is 62.4 Å². The van der Waals surface area contributed by atoms with Crippen LogP contribution >= 0.6 is 11.8 Å². The van der Waals surface area contributed by atoms with Gasteiger partial charge in [0.2, 0.25) is 13.6 Å². The summed E-state index contributed by atoms with van der Waals surface area (Å²) in [5.74, 6) is 2.10. The lowest BCUT2D eigenvalue weighted by molar-refractivity contribution is -0.0229. The Hall–Kier alpha value is -2.29. The van der Waals surface area contributed by atoms with Crippen molar-refractivity contribution in [3.8, 4) is 11.5 Å². The van der Waals surface area contributed by atoms with E-state index in [4.69, 9.17) is 18.9 Å². The summed E-state index contributed by atoms with van der Waals surface area (Å²) in [6.45, 7) is 1.88. The number of carbonyl (C=O) groups excluding carboxylic acids is 2. The van der Waals surface area contributed by atoms with Gasteiger partial charge in [0.05, 0.1) is 0 Å². The van der Waals surface area contributed by atoms with Crippen LogP contribution in [0.2, 0.25) is 0 Å². The minimum Gasteiger partial charge on any atom is -0.454 e. The highest BCUT2D eigenvalue weighted by Gasteiger charge is 2.20. The lowest BCUT2D eigenvalue weighted by Gasteiger charge is -2.24. The number of amides is 1. The Bertz CT molecular complexity index is 625. The first-order chi connectivity index (χ1) is 12.5. The van der Waals surface area contributed by atoms with E-state index in [1.54, 1.807) is 18.8 Å². The zero-order valence-electron chi connectivity index (χ0n) is 15.1. The molecule has 2 rings (SSSR count). The molecule has 1 aromatic rings. The number of carbonyl (C=O) groups is 2. The summed E-state index contributed by atoms with van der Waals surface area (Å²) in [6, 6.07) is 5.54. The molecule has 0 bridgehead atoms. The standard InChI is InChI=1S/C17H23NO7S/c1-12(8-13-4-5-14-15(9-13)23-10-22-14)18(2)16(19)24-11-25-17(20)21-6-7-26-3/h4-5,9,12H,6-8,10-11H2,1-3H3. The molecule has 0 fully saturated rings. The van der Waals surface area contributed by atoms with Gasteiger partial charge in [-0.25, -0.2) is 9.59 Å². The number of benzene rings is 1. The summed E-state index contributed by atoms with van der Waals surface area (Å²) in [5, 5.41) is 0. The number of hydrogen-bond donors (Lipinski definition) is 0. The zero-order chi connectivity index (χ0) is 18.9. The number of fused-ring (bicyclic) bond motifs is 1. The van der Waals surface area contributed by atoms with Crippen LogP contribution in [0, 0.1) is 0 Å². The normalized spacial score (nSPS) is 13.0. The van der Waals surface area contributed by atoms with Crippen molar-refractivity contribution in [2.75, 3.05) is 39.2 Å². The fourth-order valence-corrected chi connectivity index (χ4v) is 2.46. The van der Waals surface area contributed by atoms with Gasteiger partial charge in [0.15, 0.2) is 11.5 Å². The van der Waals surface area contributed by atoms with E-state index in [0.29, 0.717) is 17.9 Å². The predicted molar refractivity (Wildman–Crippen MR) is 95.7 cm³/mol. The second kappa shape index (κ2) is 10.0. The average Bonchev–Trinajstić information content (AvgIpc) is 3.08. The topological polar surface area (TPSA) is 83.5 Å². The van der Waals surface area contributed by atoms with Crippen LogP contribution in [0.4, 0.5) is 9.59 Å². The van der Waals surface area contributed by atoms with Crippen molar-refractivity contribution in [2.24, 2.45) is 0 Å². The van der Waals surface area contributed by atoms with Crippen LogP contribution in [-0.2, 0) is 20.6 Å². The molecule has 0 spiro atoms. The third-order valence-corrected chi connectivity index (χ3v) is 4.36. The fourth-order valence-electron chi connectivity index (χ4n) is 2.21. The third kappa shape index (κ3) is 5.91. The molecule has 1 atom stereocenters. The number of ether oxygens (including phenoxy) is 5. The van der Waals surface area contributed by atoms with Crippen LogP contribution in [0.1, 0.15) is 12.5 Å². The first kappa shape index (κ1) is 20.0. The van der Waals surface area contributed by atoms with E-state index in [9.17, 15) is 9.59 Å². The summed E-state index contributed by atoms with van der Waals surface area (Å²) in [7, 11) is 1.62. The molecule has 1 unspecified atom stereocenters. The summed E-state index contributed by atoms with van der Waals surface area (Å²) in [6.07, 6.45) is 1.06. The van der Waals surface area contributed by atoms with E-state index in [1.165, 1.54) is 4.90 Å². The highest BCUT2D eigenvalue weighted by atomic mass is 32.2. The molecule has 144 valence electrons. The highest BCUT2D eigenvalue weighted by molar-refractivity contribution is 7.98. The molecule has 8 nitrogen and oxygen atoms in total. The van der Waals surface area contributed by atoms with Crippen LogP contribution in [0.3, 0.4) is 0 Å². The van der Waals surface area contributed by atoms with Gasteiger partial charge in [-0.15, -0.1) is 0 Å². The largest absolute Gasteiger partial charge is 0.511 e. The van der Waals surface area contributed by atoms with Gasteiger partial charge in [-0.2, -0.15) is 11.8 Å². The molecule has 1 aliphatic heterocycles. The lowest BCUT2D eigenvalue weighted by atomic mass is 10.1. The Morgan fingerprint density at radius 2 is 2.00 bits per heavy atom. The van der Waals surface area contributed by atoms with E-state index in [1.807, 2.05) is 31.4 Å². The Morgan fingerprint density at radius 3 is 2.77 bits per heavy atom. The lowest BCUT2D eigenvalue weighted by Crippen LogP contribution is -2.37.